The molecule has 0 aliphatic carbocycles. The van der Waals surface area contributed by atoms with Crippen LogP contribution in [0.2, 0.25) is 0 Å². The van der Waals surface area contributed by atoms with Gasteiger partial charge in [-0.25, -0.2) is 8.51 Å². The molecule has 1 aromatic carbocycles. The predicted molar refractivity (Wildman–Crippen MR) is 115 cm³/mol. The molecule has 0 aromatic heterocycles. The summed E-state index contributed by atoms with van der Waals surface area (Å²) in [6, 6.07) is 6.97. The molecule has 1 N–H and O–H groups in total. The summed E-state index contributed by atoms with van der Waals surface area (Å²) in [5, 5.41) is 2.67. The van der Waals surface area contributed by atoms with E-state index < -0.39 is 11.0 Å². The Labute approximate surface area is 175 Å². The van der Waals surface area contributed by atoms with Gasteiger partial charge in [0.05, 0.1) is 4.90 Å². The fourth-order valence-electron chi connectivity index (χ4n) is 3.70. The molecule has 3 rings (SSSR count). The standard InChI is InChI=1S/C21H30N4O3S/c1-2-20(26)22-18-6-8-19(9-7-18)29(28)25-16-14-24(15-17-25)21(27)10-13-23-11-4-3-5-12-23/h2,6-9H,1,3-5,10-17H2,(H,22,26). The first-order valence-corrected chi connectivity index (χ1v) is 11.4. The zero-order valence-electron chi connectivity index (χ0n) is 16.8. The van der Waals surface area contributed by atoms with Gasteiger partial charge in [-0.2, -0.15) is 0 Å². The molecule has 1 aromatic rings. The molecule has 2 aliphatic heterocycles. The minimum atomic E-state index is -1.27. The Morgan fingerprint density at radius 1 is 1.00 bits per heavy atom. The highest BCUT2D eigenvalue weighted by Crippen LogP contribution is 2.17. The summed E-state index contributed by atoms with van der Waals surface area (Å²) in [7, 11) is -1.27. The van der Waals surface area contributed by atoms with Crippen LogP contribution in [0.3, 0.4) is 0 Å². The first-order valence-electron chi connectivity index (χ1n) is 10.3. The summed E-state index contributed by atoms with van der Waals surface area (Å²) in [5.41, 5.74) is 0.639. The van der Waals surface area contributed by atoms with Crippen LogP contribution in [0.5, 0.6) is 0 Å². The molecule has 8 heteroatoms. The van der Waals surface area contributed by atoms with E-state index in [0.29, 0.717) is 43.2 Å². The zero-order chi connectivity index (χ0) is 20.6. The second-order valence-corrected chi connectivity index (χ2v) is 8.92. The Hall–Kier alpha value is -2.03. The molecule has 2 saturated heterocycles. The van der Waals surface area contributed by atoms with Crippen molar-refractivity contribution in [3.8, 4) is 0 Å². The molecular weight excluding hydrogens is 388 g/mol. The van der Waals surface area contributed by atoms with Crippen molar-refractivity contribution in [2.24, 2.45) is 0 Å². The van der Waals surface area contributed by atoms with Gasteiger partial charge in [0.15, 0.2) is 0 Å². The molecule has 0 spiro atoms. The second-order valence-electron chi connectivity index (χ2n) is 7.43. The summed E-state index contributed by atoms with van der Waals surface area (Å²) in [4.78, 5) is 28.8. The van der Waals surface area contributed by atoms with E-state index in [0.717, 1.165) is 19.6 Å². The first-order chi connectivity index (χ1) is 14.1. The number of benzene rings is 1. The van der Waals surface area contributed by atoms with E-state index in [9.17, 15) is 13.8 Å². The van der Waals surface area contributed by atoms with E-state index in [1.165, 1.54) is 25.3 Å². The van der Waals surface area contributed by atoms with Crippen molar-refractivity contribution in [2.45, 2.75) is 30.6 Å². The van der Waals surface area contributed by atoms with Gasteiger partial charge in [0.1, 0.15) is 11.0 Å². The highest BCUT2D eigenvalue weighted by atomic mass is 32.2. The predicted octanol–water partition coefficient (Wildman–Crippen LogP) is 1.85. The number of carbonyl (C=O) groups excluding carboxylic acids is 2. The number of piperazine rings is 1. The number of anilines is 1. The lowest BCUT2D eigenvalue weighted by molar-refractivity contribution is -0.132. The third-order valence-electron chi connectivity index (χ3n) is 5.43. The van der Waals surface area contributed by atoms with Crippen molar-refractivity contribution >= 4 is 28.5 Å². The molecular formula is C21H30N4O3S. The van der Waals surface area contributed by atoms with Gasteiger partial charge >= 0.3 is 0 Å². The van der Waals surface area contributed by atoms with Crippen molar-refractivity contribution in [3.05, 3.63) is 36.9 Å². The average molecular weight is 419 g/mol. The van der Waals surface area contributed by atoms with Crippen LogP contribution in [0.1, 0.15) is 25.7 Å². The van der Waals surface area contributed by atoms with Crippen molar-refractivity contribution in [1.82, 2.24) is 14.1 Å². The highest BCUT2D eigenvalue weighted by molar-refractivity contribution is 7.82. The van der Waals surface area contributed by atoms with Gasteiger partial charge in [0.25, 0.3) is 0 Å². The fourth-order valence-corrected chi connectivity index (χ4v) is 4.86. The smallest absolute Gasteiger partial charge is 0.247 e. The van der Waals surface area contributed by atoms with Crippen LogP contribution in [0.25, 0.3) is 0 Å². The van der Waals surface area contributed by atoms with Crippen LogP contribution < -0.4 is 5.32 Å². The van der Waals surface area contributed by atoms with E-state index >= 15 is 0 Å². The minimum Gasteiger partial charge on any atom is -0.340 e. The average Bonchev–Trinajstić information content (AvgIpc) is 2.78. The van der Waals surface area contributed by atoms with E-state index in [4.69, 9.17) is 0 Å². The molecule has 0 radical (unpaired) electrons. The Bertz CT molecular complexity index is 739. The molecule has 158 valence electrons. The molecule has 2 amide bonds. The number of hydrogen-bond acceptors (Lipinski definition) is 4. The van der Waals surface area contributed by atoms with Gasteiger partial charge in [-0.15, -0.1) is 0 Å². The zero-order valence-corrected chi connectivity index (χ0v) is 17.7. The molecule has 2 fully saturated rings. The summed E-state index contributed by atoms with van der Waals surface area (Å²) >= 11 is 0. The Morgan fingerprint density at radius 3 is 2.28 bits per heavy atom. The lowest BCUT2D eigenvalue weighted by Gasteiger charge is -2.34. The van der Waals surface area contributed by atoms with Crippen LogP contribution in [-0.2, 0) is 20.6 Å². The lowest BCUT2D eigenvalue weighted by Crippen LogP contribution is -2.49. The number of rotatable bonds is 7. The van der Waals surface area contributed by atoms with E-state index in [1.54, 1.807) is 24.3 Å². The molecule has 0 saturated carbocycles. The lowest BCUT2D eigenvalue weighted by atomic mass is 10.1. The number of carbonyl (C=O) groups is 2. The van der Waals surface area contributed by atoms with Gasteiger partial charge in [-0.1, -0.05) is 13.0 Å². The number of amides is 2. The summed E-state index contributed by atoms with van der Waals surface area (Å²) < 4.78 is 14.7. The second kappa shape index (κ2) is 10.7. The highest BCUT2D eigenvalue weighted by Gasteiger charge is 2.25. The topological polar surface area (TPSA) is 73.0 Å². The van der Waals surface area contributed by atoms with Crippen molar-refractivity contribution in [3.63, 3.8) is 0 Å². The van der Waals surface area contributed by atoms with Gasteiger partial charge in [0.2, 0.25) is 11.8 Å². The number of piperidine rings is 1. The van der Waals surface area contributed by atoms with Crippen LogP contribution >= 0.6 is 0 Å². The summed E-state index contributed by atoms with van der Waals surface area (Å²) in [6.45, 7) is 8.89. The van der Waals surface area contributed by atoms with Gasteiger partial charge in [-0.3, -0.25) is 9.59 Å². The Balaban J connectivity index is 1.44. The Morgan fingerprint density at radius 2 is 1.66 bits per heavy atom. The normalized spacial score (nSPS) is 19.5. The van der Waals surface area contributed by atoms with Crippen molar-refractivity contribution in [2.75, 3.05) is 51.1 Å². The van der Waals surface area contributed by atoms with Crippen molar-refractivity contribution < 1.29 is 13.8 Å². The SMILES string of the molecule is C=CC(=O)Nc1ccc(S(=O)N2CCN(C(=O)CCN3CCCCC3)CC2)cc1. The molecule has 7 nitrogen and oxygen atoms in total. The maximum atomic E-state index is 12.8. The quantitative estimate of drug-likeness (QED) is 0.686. The van der Waals surface area contributed by atoms with Gasteiger partial charge < -0.3 is 15.1 Å². The van der Waals surface area contributed by atoms with Crippen LogP contribution in [0.15, 0.2) is 41.8 Å². The van der Waals surface area contributed by atoms with Crippen molar-refractivity contribution in [1.29, 1.82) is 0 Å². The van der Waals surface area contributed by atoms with Crippen LogP contribution in [-0.4, -0.2) is 75.9 Å². The van der Waals surface area contributed by atoms with Crippen LogP contribution in [0, 0.1) is 0 Å². The summed E-state index contributed by atoms with van der Waals surface area (Å²) in [6.07, 6.45) is 5.55. The Kier molecular flexibility index (Phi) is 7.97. The third kappa shape index (κ3) is 6.22. The molecule has 1 unspecified atom stereocenters. The number of likely N-dealkylation sites (tertiary alicyclic amines) is 1. The number of hydrogen-bond donors (Lipinski definition) is 1. The first kappa shape index (κ1) is 21.7. The minimum absolute atomic E-state index is 0.198. The summed E-state index contributed by atoms with van der Waals surface area (Å²) in [5.74, 6) is -0.0803. The number of nitrogens with zero attached hydrogens (tertiary/aromatic N) is 3. The maximum Gasteiger partial charge on any atom is 0.247 e. The molecule has 1 atom stereocenters. The molecule has 29 heavy (non-hydrogen) atoms. The monoisotopic (exact) mass is 418 g/mol. The largest absolute Gasteiger partial charge is 0.340 e. The van der Waals surface area contributed by atoms with E-state index in [1.807, 2.05) is 9.21 Å². The number of nitrogens with one attached hydrogen (secondary N) is 1. The van der Waals surface area contributed by atoms with Crippen LogP contribution in [0.4, 0.5) is 5.69 Å². The fraction of sp³-hybridized carbons (Fsp3) is 0.524. The van der Waals surface area contributed by atoms with Gasteiger partial charge in [0, 0.05) is 44.8 Å². The third-order valence-corrected chi connectivity index (χ3v) is 6.93. The van der Waals surface area contributed by atoms with E-state index in [-0.39, 0.29) is 11.8 Å². The van der Waals surface area contributed by atoms with E-state index in [2.05, 4.69) is 16.8 Å². The molecule has 2 aliphatic rings. The van der Waals surface area contributed by atoms with Gasteiger partial charge in [-0.05, 0) is 56.3 Å². The maximum absolute atomic E-state index is 12.8. The molecule has 2 heterocycles. The molecule has 0 bridgehead atoms.